The van der Waals surface area contributed by atoms with Crippen molar-refractivity contribution in [3.05, 3.63) is 48.0 Å². The Morgan fingerprint density at radius 3 is 2.52 bits per heavy atom. The first-order valence-electron chi connectivity index (χ1n) is 8.82. The quantitative estimate of drug-likeness (QED) is 0.938. The van der Waals surface area contributed by atoms with Crippen LogP contribution in [0.15, 0.2) is 42.5 Å². The molecule has 1 aliphatic heterocycles. The summed E-state index contributed by atoms with van der Waals surface area (Å²) in [7, 11) is 0. The van der Waals surface area contributed by atoms with Crippen LogP contribution in [0.4, 0.5) is 0 Å². The van der Waals surface area contributed by atoms with Crippen LogP contribution in [0.5, 0.6) is 0 Å². The zero-order chi connectivity index (χ0) is 15.6. The van der Waals surface area contributed by atoms with E-state index in [2.05, 4.69) is 17.4 Å². The van der Waals surface area contributed by atoms with Crippen LogP contribution in [0.3, 0.4) is 0 Å². The number of carbonyl (C=O) groups is 1. The molecular weight excluding hydrogens is 284 g/mol. The minimum absolute atomic E-state index is 0.183. The second-order valence-corrected chi connectivity index (χ2v) is 6.94. The Morgan fingerprint density at radius 2 is 1.74 bits per heavy atom. The summed E-state index contributed by atoms with van der Waals surface area (Å²) in [6.07, 6.45) is 4.93. The van der Waals surface area contributed by atoms with Crippen molar-refractivity contribution in [3.63, 3.8) is 0 Å². The second kappa shape index (κ2) is 6.32. The van der Waals surface area contributed by atoms with E-state index in [9.17, 15) is 4.79 Å². The van der Waals surface area contributed by atoms with E-state index in [-0.39, 0.29) is 5.91 Å². The van der Waals surface area contributed by atoms with Crippen molar-refractivity contribution in [2.75, 3.05) is 19.6 Å². The maximum Gasteiger partial charge on any atom is 0.254 e. The molecule has 1 amide bonds. The Balaban J connectivity index is 1.42. The largest absolute Gasteiger partial charge is 0.339 e. The first-order valence-corrected chi connectivity index (χ1v) is 8.82. The van der Waals surface area contributed by atoms with Crippen LogP contribution < -0.4 is 5.32 Å². The van der Waals surface area contributed by atoms with Gasteiger partial charge in [-0.3, -0.25) is 4.79 Å². The Kier molecular flexibility index (Phi) is 4.04. The molecule has 4 rings (SSSR count). The number of fused-ring (bicyclic) bond motifs is 1. The fourth-order valence-electron chi connectivity index (χ4n) is 3.52. The van der Waals surface area contributed by atoms with Gasteiger partial charge in [0.05, 0.1) is 0 Å². The normalized spacial score (nSPS) is 19.2. The van der Waals surface area contributed by atoms with Crippen LogP contribution in [0.2, 0.25) is 0 Å². The Bertz CT molecular complexity index is 694. The number of benzene rings is 2. The van der Waals surface area contributed by atoms with Crippen molar-refractivity contribution in [2.45, 2.75) is 31.7 Å². The van der Waals surface area contributed by atoms with E-state index in [1.54, 1.807) is 0 Å². The average Bonchev–Trinajstić information content (AvgIpc) is 3.44. The lowest BCUT2D eigenvalue weighted by molar-refractivity contribution is 0.0707. The minimum atomic E-state index is 0.183. The number of rotatable bonds is 4. The van der Waals surface area contributed by atoms with Crippen LogP contribution in [0, 0.1) is 5.92 Å². The molecule has 0 atom stereocenters. The molecule has 0 spiro atoms. The molecule has 1 N–H and O–H groups in total. The predicted octanol–water partition coefficient (Wildman–Crippen LogP) is 3.44. The maximum atomic E-state index is 12.9. The molecule has 1 heterocycles. The van der Waals surface area contributed by atoms with Crippen molar-refractivity contribution in [1.82, 2.24) is 10.2 Å². The molecule has 1 aliphatic carbocycles. The Hall–Kier alpha value is -1.87. The molecule has 2 aromatic carbocycles. The number of carbonyl (C=O) groups excluding carboxylic acids is 1. The monoisotopic (exact) mass is 308 g/mol. The molecular formula is C20H24N2O. The third-order valence-electron chi connectivity index (χ3n) is 5.19. The molecule has 2 fully saturated rings. The fourth-order valence-corrected chi connectivity index (χ4v) is 3.52. The molecule has 3 heteroatoms. The lowest BCUT2D eigenvalue weighted by Crippen LogP contribution is -2.45. The molecule has 120 valence electrons. The number of likely N-dealkylation sites (tertiary alicyclic amines) is 1. The van der Waals surface area contributed by atoms with Crippen molar-refractivity contribution < 1.29 is 4.79 Å². The summed E-state index contributed by atoms with van der Waals surface area (Å²) >= 11 is 0. The van der Waals surface area contributed by atoms with Gasteiger partial charge in [-0.05, 0) is 55.0 Å². The lowest BCUT2D eigenvalue weighted by Gasteiger charge is -2.33. The van der Waals surface area contributed by atoms with Crippen LogP contribution >= 0.6 is 0 Å². The first-order chi connectivity index (χ1) is 11.3. The van der Waals surface area contributed by atoms with E-state index in [0.717, 1.165) is 48.2 Å². The molecule has 1 saturated carbocycles. The topological polar surface area (TPSA) is 32.3 Å². The molecule has 1 saturated heterocycles. The number of piperidine rings is 1. The third-order valence-corrected chi connectivity index (χ3v) is 5.19. The van der Waals surface area contributed by atoms with Crippen LogP contribution in [-0.4, -0.2) is 36.5 Å². The number of hydrogen-bond donors (Lipinski definition) is 1. The van der Waals surface area contributed by atoms with E-state index >= 15 is 0 Å². The standard InChI is InChI=1S/C20H24N2O/c23-20(19-7-3-5-16-4-1-2-6-18(16)19)22-12-10-17(11-13-22)21-14-15-8-9-15/h1-7,15,17,21H,8-14H2. The van der Waals surface area contributed by atoms with E-state index in [1.165, 1.54) is 19.4 Å². The van der Waals surface area contributed by atoms with Gasteiger partial charge in [-0.1, -0.05) is 36.4 Å². The van der Waals surface area contributed by atoms with Gasteiger partial charge in [0.2, 0.25) is 0 Å². The van der Waals surface area contributed by atoms with E-state index in [0.29, 0.717) is 6.04 Å². The van der Waals surface area contributed by atoms with Gasteiger partial charge in [0, 0.05) is 24.7 Å². The average molecular weight is 308 g/mol. The summed E-state index contributed by atoms with van der Waals surface area (Å²) in [5, 5.41) is 5.88. The van der Waals surface area contributed by atoms with Gasteiger partial charge < -0.3 is 10.2 Å². The predicted molar refractivity (Wildman–Crippen MR) is 93.6 cm³/mol. The van der Waals surface area contributed by atoms with Gasteiger partial charge in [-0.2, -0.15) is 0 Å². The molecule has 2 aliphatic rings. The smallest absolute Gasteiger partial charge is 0.254 e. The van der Waals surface area contributed by atoms with Crippen LogP contribution in [-0.2, 0) is 0 Å². The SMILES string of the molecule is O=C(c1cccc2ccccc12)N1CCC(NCC2CC2)CC1. The van der Waals surface area contributed by atoms with Gasteiger partial charge in [0.25, 0.3) is 5.91 Å². The summed E-state index contributed by atoms with van der Waals surface area (Å²) in [6.45, 7) is 2.90. The number of hydrogen-bond acceptors (Lipinski definition) is 2. The zero-order valence-electron chi connectivity index (χ0n) is 13.5. The third kappa shape index (κ3) is 3.25. The summed E-state index contributed by atoms with van der Waals surface area (Å²) < 4.78 is 0. The molecule has 0 radical (unpaired) electrons. The molecule has 23 heavy (non-hydrogen) atoms. The number of amides is 1. The van der Waals surface area contributed by atoms with Gasteiger partial charge in [0.1, 0.15) is 0 Å². The summed E-state index contributed by atoms with van der Waals surface area (Å²) in [5.41, 5.74) is 0.840. The number of nitrogens with one attached hydrogen (secondary N) is 1. The van der Waals surface area contributed by atoms with E-state index in [1.807, 2.05) is 35.2 Å². The van der Waals surface area contributed by atoms with Crippen molar-refractivity contribution in [3.8, 4) is 0 Å². The highest BCUT2D eigenvalue weighted by atomic mass is 16.2. The number of nitrogens with zero attached hydrogens (tertiary/aromatic N) is 1. The Labute approximate surface area is 137 Å². The minimum Gasteiger partial charge on any atom is -0.339 e. The van der Waals surface area contributed by atoms with Crippen molar-refractivity contribution >= 4 is 16.7 Å². The van der Waals surface area contributed by atoms with E-state index < -0.39 is 0 Å². The first kappa shape index (κ1) is 14.7. The van der Waals surface area contributed by atoms with Crippen LogP contribution in [0.1, 0.15) is 36.0 Å². The molecule has 2 aromatic rings. The van der Waals surface area contributed by atoms with Crippen molar-refractivity contribution in [2.24, 2.45) is 5.92 Å². The molecule has 0 unspecified atom stereocenters. The highest BCUT2D eigenvalue weighted by molar-refractivity contribution is 6.07. The maximum absolute atomic E-state index is 12.9. The fraction of sp³-hybridized carbons (Fsp3) is 0.450. The zero-order valence-corrected chi connectivity index (χ0v) is 13.5. The van der Waals surface area contributed by atoms with Gasteiger partial charge in [-0.15, -0.1) is 0 Å². The lowest BCUT2D eigenvalue weighted by atomic mass is 10.0. The van der Waals surface area contributed by atoms with Crippen molar-refractivity contribution in [1.29, 1.82) is 0 Å². The van der Waals surface area contributed by atoms with E-state index in [4.69, 9.17) is 0 Å². The highest BCUT2D eigenvalue weighted by Crippen LogP contribution is 2.28. The molecule has 3 nitrogen and oxygen atoms in total. The second-order valence-electron chi connectivity index (χ2n) is 6.94. The molecule has 0 aromatic heterocycles. The van der Waals surface area contributed by atoms with Gasteiger partial charge >= 0.3 is 0 Å². The summed E-state index contributed by atoms with van der Waals surface area (Å²) in [4.78, 5) is 14.9. The summed E-state index contributed by atoms with van der Waals surface area (Å²) in [6, 6.07) is 14.8. The van der Waals surface area contributed by atoms with Gasteiger partial charge in [0.15, 0.2) is 0 Å². The Morgan fingerprint density at radius 1 is 1.00 bits per heavy atom. The van der Waals surface area contributed by atoms with Crippen LogP contribution in [0.25, 0.3) is 10.8 Å². The molecule has 0 bridgehead atoms. The summed E-state index contributed by atoms with van der Waals surface area (Å²) in [5.74, 6) is 1.10. The van der Waals surface area contributed by atoms with Gasteiger partial charge in [-0.25, -0.2) is 0 Å². The highest BCUT2D eigenvalue weighted by Gasteiger charge is 2.26.